The van der Waals surface area contributed by atoms with E-state index in [4.69, 9.17) is 0 Å². The molecule has 2 aromatic rings. The molecular formula is C12H18N6. The number of nitrogens with zero attached hydrogens (tertiary/aromatic N) is 4. The van der Waals surface area contributed by atoms with Crippen LogP contribution in [-0.2, 0) is 6.42 Å². The lowest BCUT2D eigenvalue weighted by molar-refractivity contribution is 0.765. The number of aromatic amines is 1. The second-order valence-corrected chi connectivity index (χ2v) is 4.52. The highest BCUT2D eigenvalue weighted by Gasteiger charge is 2.06. The Morgan fingerprint density at radius 3 is 2.83 bits per heavy atom. The maximum atomic E-state index is 4.48. The van der Waals surface area contributed by atoms with Crippen LogP contribution in [0.15, 0.2) is 12.4 Å². The fourth-order valence-corrected chi connectivity index (χ4v) is 1.60. The Morgan fingerprint density at radius 2 is 2.17 bits per heavy atom. The highest BCUT2D eigenvalue weighted by molar-refractivity contribution is 5.36. The van der Waals surface area contributed by atoms with Gasteiger partial charge >= 0.3 is 0 Å². The summed E-state index contributed by atoms with van der Waals surface area (Å²) >= 11 is 0. The van der Waals surface area contributed by atoms with Crippen LogP contribution in [0.5, 0.6) is 0 Å². The van der Waals surface area contributed by atoms with Crippen molar-refractivity contribution in [2.24, 2.45) is 0 Å². The minimum absolute atomic E-state index is 0.333. The van der Waals surface area contributed by atoms with Gasteiger partial charge < -0.3 is 5.32 Å². The second-order valence-electron chi connectivity index (χ2n) is 4.52. The Bertz CT molecular complexity index is 491. The van der Waals surface area contributed by atoms with Crippen molar-refractivity contribution >= 4 is 5.82 Å². The van der Waals surface area contributed by atoms with Gasteiger partial charge in [-0.1, -0.05) is 13.8 Å². The molecule has 0 radical (unpaired) electrons. The highest BCUT2D eigenvalue weighted by atomic mass is 15.2. The molecule has 0 fully saturated rings. The number of nitrogens with one attached hydrogen (secondary N) is 2. The maximum absolute atomic E-state index is 4.48. The van der Waals surface area contributed by atoms with E-state index in [-0.39, 0.29) is 0 Å². The fourth-order valence-electron chi connectivity index (χ4n) is 1.60. The lowest BCUT2D eigenvalue weighted by atomic mass is 10.2. The zero-order valence-corrected chi connectivity index (χ0v) is 10.9. The van der Waals surface area contributed by atoms with Crippen LogP contribution in [0, 0.1) is 6.92 Å². The summed E-state index contributed by atoms with van der Waals surface area (Å²) in [5, 5.41) is 9.92. The molecule has 96 valence electrons. The average molecular weight is 246 g/mol. The van der Waals surface area contributed by atoms with Gasteiger partial charge in [0, 0.05) is 30.6 Å². The topological polar surface area (TPSA) is 79.4 Å². The summed E-state index contributed by atoms with van der Waals surface area (Å²) in [7, 11) is 0. The Balaban J connectivity index is 1.96. The van der Waals surface area contributed by atoms with E-state index in [0.29, 0.717) is 5.92 Å². The summed E-state index contributed by atoms with van der Waals surface area (Å²) in [5.74, 6) is 2.94. The molecule has 0 aliphatic heterocycles. The monoisotopic (exact) mass is 246 g/mol. The van der Waals surface area contributed by atoms with Crippen molar-refractivity contribution < 1.29 is 0 Å². The van der Waals surface area contributed by atoms with E-state index in [1.165, 1.54) is 6.33 Å². The van der Waals surface area contributed by atoms with E-state index in [1.54, 1.807) is 0 Å². The van der Waals surface area contributed by atoms with Crippen LogP contribution in [0.4, 0.5) is 5.82 Å². The van der Waals surface area contributed by atoms with Crippen molar-refractivity contribution in [1.82, 2.24) is 25.1 Å². The molecule has 18 heavy (non-hydrogen) atoms. The van der Waals surface area contributed by atoms with Crippen molar-refractivity contribution in [2.75, 3.05) is 11.9 Å². The first-order chi connectivity index (χ1) is 8.65. The molecule has 0 saturated carbocycles. The number of rotatable bonds is 5. The van der Waals surface area contributed by atoms with E-state index >= 15 is 0 Å². The molecule has 0 aliphatic rings. The third-order valence-corrected chi connectivity index (χ3v) is 2.52. The van der Waals surface area contributed by atoms with Gasteiger partial charge in [-0.15, -0.1) is 0 Å². The van der Waals surface area contributed by atoms with Gasteiger partial charge in [0.15, 0.2) is 0 Å². The van der Waals surface area contributed by atoms with Crippen LogP contribution >= 0.6 is 0 Å². The lowest BCUT2D eigenvalue weighted by Crippen LogP contribution is -2.10. The van der Waals surface area contributed by atoms with E-state index in [1.807, 2.05) is 13.0 Å². The molecule has 0 saturated heterocycles. The first-order valence-electron chi connectivity index (χ1n) is 6.09. The molecule has 0 bridgehead atoms. The molecule has 6 heteroatoms. The van der Waals surface area contributed by atoms with E-state index < -0.39 is 0 Å². The van der Waals surface area contributed by atoms with Gasteiger partial charge in [0.2, 0.25) is 0 Å². The zero-order valence-electron chi connectivity index (χ0n) is 10.9. The van der Waals surface area contributed by atoms with E-state index in [0.717, 1.165) is 36.1 Å². The zero-order chi connectivity index (χ0) is 13.0. The van der Waals surface area contributed by atoms with Crippen molar-refractivity contribution in [3.05, 3.63) is 29.7 Å². The Kier molecular flexibility index (Phi) is 3.86. The minimum Gasteiger partial charge on any atom is -0.370 e. The normalized spacial score (nSPS) is 10.9. The number of hydrogen-bond acceptors (Lipinski definition) is 5. The van der Waals surface area contributed by atoms with Crippen LogP contribution < -0.4 is 5.32 Å². The van der Waals surface area contributed by atoms with Crippen molar-refractivity contribution in [2.45, 2.75) is 33.1 Å². The summed E-state index contributed by atoms with van der Waals surface area (Å²) in [6, 6.07) is 1.95. The average Bonchev–Trinajstić information content (AvgIpc) is 2.81. The molecular weight excluding hydrogens is 228 g/mol. The van der Waals surface area contributed by atoms with Crippen molar-refractivity contribution in [1.29, 1.82) is 0 Å². The molecule has 0 aromatic carbocycles. The predicted molar refractivity (Wildman–Crippen MR) is 69.4 cm³/mol. The number of anilines is 1. The maximum Gasteiger partial charge on any atom is 0.137 e. The number of hydrogen-bond donors (Lipinski definition) is 2. The molecule has 0 unspecified atom stereocenters. The van der Waals surface area contributed by atoms with Gasteiger partial charge in [-0.3, -0.25) is 5.10 Å². The lowest BCUT2D eigenvalue weighted by Gasteiger charge is -2.09. The van der Waals surface area contributed by atoms with E-state index in [2.05, 4.69) is 44.3 Å². The summed E-state index contributed by atoms with van der Waals surface area (Å²) in [6.45, 7) is 6.93. The van der Waals surface area contributed by atoms with Gasteiger partial charge in [-0.25, -0.2) is 15.0 Å². The number of aryl methyl sites for hydroxylation is 1. The van der Waals surface area contributed by atoms with Crippen LogP contribution in [0.1, 0.15) is 37.1 Å². The quantitative estimate of drug-likeness (QED) is 0.839. The third-order valence-electron chi connectivity index (χ3n) is 2.52. The Morgan fingerprint density at radius 1 is 1.33 bits per heavy atom. The van der Waals surface area contributed by atoms with Crippen LogP contribution in [-0.4, -0.2) is 31.7 Å². The molecule has 2 aromatic heterocycles. The van der Waals surface area contributed by atoms with E-state index in [9.17, 15) is 0 Å². The minimum atomic E-state index is 0.333. The molecule has 0 atom stereocenters. The summed E-state index contributed by atoms with van der Waals surface area (Å²) in [5.41, 5.74) is 0.982. The highest BCUT2D eigenvalue weighted by Crippen LogP contribution is 2.13. The van der Waals surface area contributed by atoms with Gasteiger partial charge in [0.25, 0.3) is 0 Å². The largest absolute Gasteiger partial charge is 0.370 e. The van der Waals surface area contributed by atoms with Crippen LogP contribution in [0.2, 0.25) is 0 Å². The van der Waals surface area contributed by atoms with Crippen molar-refractivity contribution in [3.8, 4) is 0 Å². The molecule has 0 spiro atoms. The third kappa shape index (κ3) is 3.26. The fraction of sp³-hybridized carbons (Fsp3) is 0.500. The number of aromatic nitrogens is 5. The first-order valence-corrected chi connectivity index (χ1v) is 6.09. The predicted octanol–water partition coefficient (Wildman–Crippen LogP) is 1.68. The Labute approximate surface area is 106 Å². The number of H-pyrrole nitrogens is 1. The molecule has 2 heterocycles. The molecule has 0 aliphatic carbocycles. The SMILES string of the molecule is Cc1cc(NCCc2ncn[nH]2)nc(C(C)C)n1. The van der Waals surface area contributed by atoms with Gasteiger partial charge in [0.1, 0.15) is 23.8 Å². The molecule has 2 N–H and O–H groups in total. The molecule has 2 rings (SSSR count). The van der Waals surface area contributed by atoms with Crippen molar-refractivity contribution in [3.63, 3.8) is 0 Å². The molecule has 6 nitrogen and oxygen atoms in total. The summed E-state index contributed by atoms with van der Waals surface area (Å²) in [6.07, 6.45) is 2.31. The summed E-state index contributed by atoms with van der Waals surface area (Å²) < 4.78 is 0. The van der Waals surface area contributed by atoms with Gasteiger partial charge in [-0.2, -0.15) is 5.10 Å². The smallest absolute Gasteiger partial charge is 0.137 e. The Hall–Kier alpha value is -1.98. The standard InChI is InChI=1S/C12H18N6/c1-8(2)12-16-9(3)6-11(17-12)13-5-4-10-14-7-15-18-10/h6-8H,4-5H2,1-3H3,(H,13,16,17)(H,14,15,18). The molecule has 0 amide bonds. The second kappa shape index (κ2) is 5.57. The van der Waals surface area contributed by atoms with Crippen LogP contribution in [0.25, 0.3) is 0 Å². The van der Waals surface area contributed by atoms with Gasteiger partial charge in [-0.05, 0) is 6.92 Å². The summed E-state index contributed by atoms with van der Waals surface area (Å²) in [4.78, 5) is 13.0. The van der Waals surface area contributed by atoms with Crippen LogP contribution in [0.3, 0.4) is 0 Å². The van der Waals surface area contributed by atoms with Gasteiger partial charge in [0.05, 0.1) is 0 Å². The first kappa shape index (κ1) is 12.5.